The molecule has 0 amide bonds. The highest BCUT2D eigenvalue weighted by Crippen LogP contribution is 2.44. The molecule has 0 saturated heterocycles. The smallest absolute Gasteiger partial charge is 0.0138 e. The van der Waals surface area contributed by atoms with E-state index < -0.39 is 0 Å². The van der Waals surface area contributed by atoms with Gasteiger partial charge in [0.15, 0.2) is 0 Å². The summed E-state index contributed by atoms with van der Waals surface area (Å²) in [6.45, 7) is 0. The molecule has 166 valence electrons. The third-order valence-electron chi connectivity index (χ3n) is 8.12. The van der Waals surface area contributed by atoms with Crippen molar-refractivity contribution in [2.24, 2.45) is 11.8 Å². The lowest BCUT2D eigenvalue weighted by Gasteiger charge is -2.27. The highest BCUT2D eigenvalue weighted by Gasteiger charge is 2.31. The maximum absolute atomic E-state index is 2.74. The van der Waals surface area contributed by atoms with E-state index in [1.807, 2.05) is 11.1 Å². The van der Waals surface area contributed by atoms with Crippen LogP contribution in [0.2, 0.25) is 0 Å². The van der Waals surface area contributed by atoms with Gasteiger partial charge in [-0.25, -0.2) is 0 Å². The SMILES string of the molecule is C1=C(\C2CCCC2/C2=C/CCCCCCCCCC2)CCCCCCCCCC/1. The highest BCUT2D eigenvalue weighted by atomic mass is 14.4. The Bertz CT molecular complexity index is 438. The van der Waals surface area contributed by atoms with E-state index in [0.717, 1.165) is 11.8 Å². The fraction of sp³-hybridized carbons (Fsp3) is 0.862. The van der Waals surface area contributed by atoms with Crippen LogP contribution in [0, 0.1) is 11.8 Å². The van der Waals surface area contributed by atoms with Crippen molar-refractivity contribution < 1.29 is 0 Å². The van der Waals surface area contributed by atoms with Gasteiger partial charge >= 0.3 is 0 Å². The Hall–Kier alpha value is -0.520. The molecule has 0 bridgehead atoms. The lowest BCUT2D eigenvalue weighted by molar-refractivity contribution is 0.452. The second-order valence-corrected chi connectivity index (χ2v) is 10.4. The summed E-state index contributed by atoms with van der Waals surface area (Å²) in [5.74, 6) is 1.80. The Balaban J connectivity index is 1.65. The molecule has 0 nitrogen and oxygen atoms in total. The van der Waals surface area contributed by atoms with E-state index >= 15 is 0 Å². The Morgan fingerprint density at radius 1 is 0.379 bits per heavy atom. The molecule has 3 aliphatic rings. The lowest BCUT2D eigenvalue weighted by Crippen LogP contribution is -2.14. The Morgan fingerprint density at radius 2 is 0.724 bits per heavy atom. The zero-order chi connectivity index (χ0) is 20.0. The zero-order valence-corrected chi connectivity index (χ0v) is 19.6. The highest BCUT2D eigenvalue weighted by molar-refractivity contribution is 5.19. The molecule has 2 unspecified atom stereocenters. The molecule has 1 fully saturated rings. The van der Waals surface area contributed by atoms with Crippen LogP contribution in [0.4, 0.5) is 0 Å². The van der Waals surface area contributed by atoms with Crippen LogP contribution >= 0.6 is 0 Å². The number of hydrogen-bond donors (Lipinski definition) is 0. The van der Waals surface area contributed by atoms with Crippen molar-refractivity contribution in [3.63, 3.8) is 0 Å². The Kier molecular flexibility index (Phi) is 11.6. The van der Waals surface area contributed by atoms with Gasteiger partial charge in [-0.05, 0) is 76.0 Å². The van der Waals surface area contributed by atoms with Crippen LogP contribution in [0.15, 0.2) is 23.3 Å². The standard InChI is InChI=1S/C29H50/c1-3-7-11-15-20-26(21-16-12-8-4-1)28-24-19-25-29(28)27-22-17-13-9-5-2-6-10-14-18-23-27/h20,22,28-29H,1-19,21,23-25H2/b26-20-,27-22+. The summed E-state index contributed by atoms with van der Waals surface area (Å²) in [5.41, 5.74) is 3.78. The van der Waals surface area contributed by atoms with Crippen molar-refractivity contribution in [2.75, 3.05) is 0 Å². The molecule has 2 atom stereocenters. The molecular weight excluding hydrogens is 348 g/mol. The van der Waals surface area contributed by atoms with Crippen LogP contribution in [-0.4, -0.2) is 0 Å². The maximum atomic E-state index is 2.74. The van der Waals surface area contributed by atoms with Gasteiger partial charge in [0.2, 0.25) is 0 Å². The summed E-state index contributed by atoms with van der Waals surface area (Å²) in [6.07, 6.45) is 38.9. The van der Waals surface area contributed by atoms with Gasteiger partial charge in [-0.3, -0.25) is 0 Å². The van der Waals surface area contributed by atoms with Crippen LogP contribution in [0.25, 0.3) is 0 Å². The molecule has 0 aliphatic heterocycles. The van der Waals surface area contributed by atoms with E-state index in [1.54, 1.807) is 0 Å². The largest absolute Gasteiger partial charge is 0.0850 e. The number of allylic oxidation sites excluding steroid dienone is 4. The predicted molar refractivity (Wildman–Crippen MR) is 129 cm³/mol. The second-order valence-electron chi connectivity index (χ2n) is 10.4. The molecule has 0 radical (unpaired) electrons. The van der Waals surface area contributed by atoms with Gasteiger partial charge in [-0.1, -0.05) is 107 Å². The topological polar surface area (TPSA) is 0 Å². The molecule has 1 saturated carbocycles. The Morgan fingerprint density at radius 3 is 1.14 bits per heavy atom. The summed E-state index contributed by atoms with van der Waals surface area (Å²) in [5, 5.41) is 0. The predicted octanol–water partition coefficient (Wildman–Crippen LogP) is 10.1. The quantitative estimate of drug-likeness (QED) is 0.406. The van der Waals surface area contributed by atoms with Crippen LogP contribution in [0.3, 0.4) is 0 Å². The van der Waals surface area contributed by atoms with E-state index in [4.69, 9.17) is 0 Å². The van der Waals surface area contributed by atoms with Crippen molar-refractivity contribution in [1.29, 1.82) is 0 Å². The first kappa shape index (κ1) is 23.1. The fourth-order valence-corrected chi connectivity index (χ4v) is 6.37. The fourth-order valence-electron chi connectivity index (χ4n) is 6.37. The van der Waals surface area contributed by atoms with Crippen molar-refractivity contribution in [1.82, 2.24) is 0 Å². The van der Waals surface area contributed by atoms with E-state index in [0.29, 0.717) is 0 Å². The van der Waals surface area contributed by atoms with Crippen LogP contribution in [0.5, 0.6) is 0 Å². The van der Waals surface area contributed by atoms with E-state index in [2.05, 4.69) is 12.2 Å². The molecule has 0 spiro atoms. The summed E-state index contributed by atoms with van der Waals surface area (Å²) >= 11 is 0. The van der Waals surface area contributed by atoms with Crippen molar-refractivity contribution in [3.05, 3.63) is 23.3 Å². The first-order valence-electron chi connectivity index (χ1n) is 13.8. The number of hydrogen-bond acceptors (Lipinski definition) is 0. The molecule has 0 aromatic heterocycles. The van der Waals surface area contributed by atoms with Gasteiger partial charge in [0.05, 0.1) is 0 Å². The molecule has 3 aliphatic carbocycles. The summed E-state index contributed by atoms with van der Waals surface area (Å²) in [4.78, 5) is 0. The average molecular weight is 399 g/mol. The Labute approximate surface area is 183 Å². The zero-order valence-electron chi connectivity index (χ0n) is 19.6. The minimum absolute atomic E-state index is 0.900. The molecule has 29 heavy (non-hydrogen) atoms. The first-order valence-corrected chi connectivity index (χ1v) is 13.8. The van der Waals surface area contributed by atoms with Gasteiger partial charge in [-0.2, -0.15) is 0 Å². The maximum Gasteiger partial charge on any atom is -0.0138 e. The molecule has 3 rings (SSSR count). The first-order chi connectivity index (χ1) is 14.4. The van der Waals surface area contributed by atoms with E-state index in [1.165, 1.54) is 148 Å². The van der Waals surface area contributed by atoms with Crippen molar-refractivity contribution in [2.45, 2.75) is 148 Å². The van der Waals surface area contributed by atoms with Gasteiger partial charge in [0.25, 0.3) is 0 Å². The van der Waals surface area contributed by atoms with E-state index in [9.17, 15) is 0 Å². The molecule has 0 N–H and O–H groups in total. The van der Waals surface area contributed by atoms with E-state index in [-0.39, 0.29) is 0 Å². The molecule has 0 heteroatoms. The average Bonchev–Trinajstić information content (AvgIpc) is 3.18. The van der Waals surface area contributed by atoms with Crippen molar-refractivity contribution >= 4 is 0 Å². The summed E-state index contributed by atoms with van der Waals surface area (Å²) in [7, 11) is 0. The van der Waals surface area contributed by atoms with Gasteiger partial charge < -0.3 is 0 Å². The summed E-state index contributed by atoms with van der Waals surface area (Å²) < 4.78 is 0. The van der Waals surface area contributed by atoms with Gasteiger partial charge in [0.1, 0.15) is 0 Å². The molecule has 0 aromatic carbocycles. The lowest BCUT2D eigenvalue weighted by atomic mass is 9.79. The molecular formula is C29H50. The number of rotatable bonds is 2. The monoisotopic (exact) mass is 398 g/mol. The van der Waals surface area contributed by atoms with Crippen LogP contribution < -0.4 is 0 Å². The third-order valence-corrected chi connectivity index (χ3v) is 8.12. The van der Waals surface area contributed by atoms with Gasteiger partial charge in [0, 0.05) is 0 Å². The van der Waals surface area contributed by atoms with Crippen LogP contribution in [-0.2, 0) is 0 Å². The molecule has 0 heterocycles. The van der Waals surface area contributed by atoms with Crippen molar-refractivity contribution in [3.8, 4) is 0 Å². The summed E-state index contributed by atoms with van der Waals surface area (Å²) in [6, 6.07) is 0. The molecule has 0 aromatic rings. The normalized spacial score (nSPS) is 33.7. The minimum atomic E-state index is 0.900. The third kappa shape index (κ3) is 8.63. The minimum Gasteiger partial charge on any atom is -0.0850 e. The second kappa shape index (κ2) is 14.5. The van der Waals surface area contributed by atoms with Crippen LogP contribution in [0.1, 0.15) is 148 Å². The van der Waals surface area contributed by atoms with Gasteiger partial charge in [-0.15, -0.1) is 0 Å².